The third-order valence-electron chi connectivity index (χ3n) is 10.6. The highest BCUT2D eigenvalue weighted by atomic mass is 32.1. The fourth-order valence-electron chi connectivity index (χ4n) is 8.17. The van der Waals surface area contributed by atoms with Crippen molar-refractivity contribution in [3.05, 3.63) is 188 Å². The van der Waals surface area contributed by atoms with Crippen molar-refractivity contribution in [2.24, 2.45) is 0 Å². The lowest BCUT2D eigenvalue weighted by Crippen LogP contribution is -2.11. The van der Waals surface area contributed by atoms with Gasteiger partial charge in [-0.3, -0.25) is 0 Å². The standard InChI is InChI=1S/C50H31NOS/c1-2-13-32(14-3-1)34-27-35(39-21-12-22-44-42-19-8-10-23-47(42)52-50(39)44)29-37(28-34)51(36-25-26-49-45(31-36)43-20-9-11-24-48(43)53-49)46-30-33-15-4-5-16-38(33)40-17-6-7-18-41(40)46/h1-31H. The van der Waals surface area contributed by atoms with Gasteiger partial charge in [0.25, 0.3) is 0 Å². The summed E-state index contributed by atoms with van der Waals surface area (Å²) < 4.78 is 9.21. The largest absolute Gasteiger partial charge is 0.455 e. The maximum absolute atomic E-state index is 6.63. The average Bonchev–Trinajstić information content (AvgIpc) is 3.80. The predicted octanol–water partition coefficient (Wildman–Crippen LogP) is 15.1. The molecule has 0 saturated heterocycles. The molecule has 0 radical (unpaired) electrons. The van der Waals surface area contributed by atoms with Gasteiger partial charge in [0.05, 0.1) is 5.69 Å². The summed E-state index contributed by atoms with van der Waals surface area (Å²) in [7, 11) is 0. The normalized spacial score (nSPS) is 11.8. The molecule has 0 spiro atoms. The Kier molecular flexibility index (Phi) is 6.76. The Morgan fingerprint density at radius 1 is 0.377 bits per heavy atom. The van der Waals surface area contributed by atoms with E-state index in [4.69, 9.17) is 4.42 Å². The number of para-hydroxylation sites is 2. The van der Waals surface area contributed by atoms with E-state index in [1.807, 2.05) is 17.4 Å². The fourth-order valence-corrected chi connectivity index (χ4v) is 9.25. The molecule has 2 aromatic heterocycles. The summed E-state index contributed by atoms with van der Waals surface area (Å²) >= 11 is 1.85. The van der Waals surface area contributed by atoms with E-state index in [1.54, 1.807) is 0 Å². The molecular formula is C50H31NOS. The zero-order valence-corrected chi connectivity index (χ0v) is 29.5. The van der Waals surface area contributed by atoms with Crippen LogP contribution in [0.4, 0.5) is 17.1 Å². The van der Waals surface area contributed by atoms with Crippen LogP contribution in [0.3, 0.4) is 0 Å². The molecule has 0 atom stereocenters. The van der Waals surface area contributed by atoms with E-state index in [0.29, 0.717) is 0 Å². The SMILES string of the molecule is c1ccc(-c2cc(-c3cccc4c3oc3ccccc34)cc(N(c3ccc4sc5ccccc5c4c3)c3cc4ccccc4c4ccccc34)c2)cc1. The van der Waals surface area contributed by atoms with Crippen molar-refractivity contribution in [3.63, 3.8) is 0 Å². The molecule has 0 amide bonds. The second-order valence-corrected chi connectivity index (χ2v) is 14.8. The third kappa shape index (κ3) is 4.86. The summed E-state index contributed by atoms with van der Waals surface area (Å²) in [5.41, 5.74) is 9.60. The van der Waals surface area contributed by atoms with E-state index in [0.717, 1.165) is 61.3 Å². The first kappa shape index (κ1) is 30.0. The van der Waals surface area contributed by atoms with Crippen LogP contribution in [-0.2, 0) is 0 Å². The van der Waals surface area contributed by atoms with Crippen LogP contribution < -0.4 is 4.90 Å². The molecule has 0 aliphatic rings. The molecule has 0 saturated carbocycles. The van der Waals surface area contributed by atoms with Crippen LogP contribution in [0.15, 0.2) is 192 Å². The lowest BCUT2D eigenvalue weighted by molar-refractivity contribution is 0.670. The second kappa shape index (κ2) is 11.9. The molecule has 53 heavy (non-hydrogen) atoms. The van der Waals surface area contributed by atoms with Crippen LogP contribution in [0.2, 0.25) is 0 Å². The van der Waals surface area contributed by atoms with Crippen molar-refractivity contribution in [1.29, 1.82) is 0 Å². The summed E-state index contributed by atoms with van der Waals surface area (Å²) in [4.78, 5) is 2.47. The maximum Gasteiger partial charge on any atom is 0.143 e. The molecule has 11 rings (SSSR count). The summed E-state index contributed by atoms with van der Waals surface area (Å²) in [6, 6.07) is 68.2. The van der Waals surface area contributed by atoms with Crippen molar-refractivity contribution in [2.45, 2.75) is 0 Å². The van der Waals surface area contributed by atoms with E-state index >= 15 is 0 Å². The van der Waals surface area contributed by atoms with Gasteiger partial charge in [0.1, 0.15) is 11.2 Å². The first-order chi connectivity index (χ1) is 26.3. The number of benzene rings is 9. The fraction of sp³-hybridized carbons (Fsp3) is 0. The molecular weight excluding hydrogens is 663 g/mol. The van der Waals surface area contributed by atoms with E-state index in [1.165, 1.54) is 41.7 Å². The van der Waals surface area contributed by atoms with Crippen molar-refractivity contribution < 1.29 is 4.42 Å². The first-order valence-corrected chi connectivity index (χ1v) is 18.8. The molecule has 0 aliphatic heterocycles. The molecule has 2 heterocycles. The number of fused-ring (bicyclic) bond motifs is 9. The van der Waals surface area contributed by atoms with E-state index < -0.39 is 0 Å². The van der Waals surface area contributed by atoms with Gasteiger partial charge in [-0.2, -0.15) is 0 Å². The molecule has 0 aliphatic carbocycles. The number of thiophene rings is 1. The van der Waals surface area contributed by atoms with Crippen LogP contribution in [0.25, 0.3) is 85.9 Å². The monoisotopic (exact) mass is 693 g/mol. The highest BCUT2D eigenvalue weighted by Crippen LogP contribution is 2.47. The summed E-state index contributed by atoms with van der Waals surface area (Å²) in [5.74, 6) is 0. The Balaban J connectivity index is 1.24. The van der Waals surface area contributed by atoms with Gasteiger partial charge in [0, 0.05) is 53.3 Å². The Morgan fingerprint density at radius 2 is 1.06 bits per heavy atom. The second-order valence-electron chi connectivity index (χ2n) is 13.7. The summed E-state index contributed by atoms with van der Waals surface area (Å²) in [5, 5.41) is 9.70. The van der Waals surface area contributed by atoms with Gasteiger partial charge in [0.2, 0.25) is 0 Å². The number of rotatable bonds is 5. The van der Waals surface area contributed by atoms with Crippen LogP contribution in [0.1, 0.15) is 0 Å². The number of anilines is 3. The van der Waals surface area contributed by atoms with E-state index in [2.05, 4.69) is 187 Å². The topological polar surface area (TPSA) is 16.4 Å². The number of hydrogen-bond donors (Lipinski definition) is 0. The highest BCUT2D eigenvalue weighted by molar-refractivity contribution is 7.25. The smallest absolute Gasteiger partial charge is 0.143 e. The zero-order chi connectivity index (χ0) is 34.9. The van der Waals surface area contributed by atoms with Gasteiger partial charge in [-0.25, -0.2) is 0 Å². The van der Waals surface area contributed by atoms with Gasteiger partial charge in [-0.05, 0) is 87.4 Å². The molecule has 9 aromatic carbocycles. The van der Waals surface area contributed by atoms with Crippen LogP contribution in [0, 0.1) is 0 Å². The molecule has 11 aromatic rings. The molecule has 0 N–H and O–H groups in total. The number of furan rings is 1. The Bertz CT molecular complexity index is 3190. The minimum atomic E-state index is 0.898. The van der Waals surface area contributed by atoms with Gasteiger partial charge >= 0.3 is 0 Å². The number of hydrogen-bond acceptors (Lipinski definition) is 3. The molecule has 2 nitrogen and oxygen atoms in total. The van der Waals surface area contributed by atoms with E-state index in [-0.39, 0.29) is 0 Å². The molecule has 3 heteroatoms. The molecule has 248 valence electrons. The van der Waals surface area contributed by atoms with Gasteiger partial charge in [0.15, 0.2) is 0 Å². The van der Waals surface area contributed by atoms with Gasteiger partial charge in [-0.1, -0.05) is 133 Å². The van der Waals surface area contributed by atoms with Crippen LogP contribution in [0.5, 0.6) is 0 Å². The average molecular weight is 694 g/mol. The van der Waals surface area contributed by atoms with Crippen LogP contribution >= 0.6 is 11.3 Å². The summed E-state index contributed by atoms with van der Waals surface area (Å²) in [6.45, 7) is 0. The zero-order valence-electron chi connectivity index (χ0n) is 28.7. The Labute approximate surface area is 310 Å². The quantitative estimate of drug-likeness (QED) is 0.167. The lowest BCUT2D eigenvalue weighted by Gasteiger charge is -2.29. The first-order valence-electron chi connectivity index (χ1n) is 18.0. The minimum Gasteiger partial charge on any atom is -0.455 e. The van der Waals surface area contributed by atoms with Gasteiger partial charge < -0.3 is 9.32 Å². The Morgan fingerprint density at radius 3 is 1.94 bits per heavy atom. The third-order valence-corrected chi connectivity index (χ3v) is 11.8. The number of nitrogens with zero attached hydrogens (tertiary/aromatic N) is 1. The van der Waals surface area contributed by atoms with Gasteiger partial charge in [-0.15, -0.1) is 11.3 Å². The van der Waals surface area contributed by atoms with Crippen molar-refractivity contribution in [1.82, 2.24) is 0 Å². The van der Waals surface area contributed by atoms with Crippen molar-refractivity contribution in [2.75, 3.05) is 4.90 Å². The molecule has 0 bridgehead atoms. The predicted molar refractivity (Wildman–Crippen MR) is 227 cm³/mol. The van der Waals surface area contributed by atoms with Crippen LogP contribution in [-0.4, -0.2) is 0 Å². The highest BCUT2D eigenvalue weighted by Gasteiger charge is 2.21. The minimum absolute atomic E-state index is 0.898. The summed E-state index contributed by atoms with van der Waals surface area (Å²) in [6.07, 6.45) is 0. The lowest BCUT2D eigenvalue weighted by atomic mass is 9.95. The van der Waals surface area contributed by atoms with E-state index in [9.17, 15) is 0 Å². The maximum atomic E-state index is 6.63. The van der Waals surface area contributed by atoms with Crippen molar-refractivity contribution in [3.8, 4) is 22.3 Å². The van der Waals surface area contributed by atoms with Crippen molar-refractivity contribution >= 4 is 92.1 Å². The Hall–Kier alpha value is -6.68. The molecule has 0 fully saturated rings. The molecule has 0 unspecified atom stereocenters.